The summed E-state index contributed by atoms with van der Waals surface area (Å²) in [5, 5.41) is 3.42. The first kappa shape index (κ1) is 15.2. The van der Waals surface area contributed by atoms with E-state index in [1.54, 1.807) is 7.11 Å². The van der Waals surface area contributed by atoms with Gasteiger partial charge in [-0.15, -0.1) is 0 Å². The van der Waals surface area contributed by atoms with Crippen molar-refractivity contribution < 1.29 is 9.47 Å². The summed E-state index contributed by atoms with van der Waals surface area (Å²) in [6.07, 6.45) is 7.61. The molecule has 2 fully saturated rings. The van der Waals surface area contributed by atoms with Crippen molar-refractivity contribution in [1.29, 1.82) is 0 Å². The highest BCUT2D eigenvalue weighted by Gasteiger charge is 2.23. The second kappa shape index (κ2) is 7.01. The summed E-state index contributed by atoms with van der Waals surface area (Å²) >= 11 is 3.74. The Bertz CT molecular complexity index is 480. The van der Waals surface area contributed by atoms with E-state index in [9.17, 15) is 0 Å². The summed E-state index contributed by atoms with van der Waals surface area (Å²) in [5.41, 5.74) is 1.35. The highest BCUT2D eigenvalue weighted by atomic mass is 79.9. The van der Waals surface area contributed by atoms with Gasteiger partial charge in [0.1, 0.15) is 0 Å². The molecule has 1 aliphatic carbocycles. The molecule has 1 aliphatic heterocycles. The topological polar surface area (TPSA) is 30.5 Å². The van der Waals surface area contributed by atoms with E-state index in [4.69, 9.17) is 9.47 Å². The van der Waals surface area contributed by atoms with Crippen molar-refractivity contribution in [2.24, 2.45) is 0 Å². The molecule has 1 N–H and O–H groups in total. The second-order valence-corrected chi connectivity index (χ2v) is 6.93. The van der Waals surface area contributed by atoms with E-state index in [1.807, 2.05) is 0 Å². The normalized spacial score (nSPS) is 20.7. The van der Waals surface area contributed by atoms with Crippen molar-refractivity contribution in [2.45, 2.75) is 50.5 Å². The number of halogens is 1. The van der Waals surface area contributed by atoms with Crippen molar-refractivity contribution >= 4 is 15.9 Å². The molecule has 1 aromatic rings. The van der Waals surface area contributed by atoms with Crippen LogP contribution in [0.5, 0.6) is 11.5 Å². The molecule has 21 heavy (non-hydrogen) atoms. The fourth-order valence-electron chi connectivity index (χ4n) is 3.43. The van der Waals surface area contributed by atoms with E-state index in [0.717, 1.165) is 41.9 Å². The summed E-state index contributed by atoms with van der Waals surface area (Å²) in [6, 6.07) is 4.28. The van der Waals surface area contributed by atoms with E-state index < -0.39 is 0 Å². The molecule has 0 radical (unpaired) electrons. The molecule has 1 saturated carbocycles. The van der Waals surface area contributed by atoms with Crippen molar-refractivity contribution in [3.8, 4) is 11.5 Å². The average Bonchev–Trinajstić information content (AvgIpc) is 3.01. The zero-order chi connectivity index (χ0) is 14.7. The van der Waals surface area contributed by atoms with Crippen LogP contribution in [0.15, 0.2) is 16.6 Å². The molecule has 3 rings (SSSR count). The van der Waals surface area contributed by atoms with Crippen molar-refractivity contribution in [2.75, 3.05) is 20.2 Å². The molecular formula is C17H24BrNO2. The minimum absolute atomic E-state index is 0.357. The van der Waals surface area contributed by atoms with Crippen molar-refractivity contribution in [1.82, 2.24) is 5.32 Å². The first-order chi connectivity index (χ1) is 10.3. The Labute approximate surface area is 135 Å². The van der Waals surface area contributed by atoms with Crippen LogP contribution in [0.25, 0.3) is 0 Å². The van der Waals surface area contributed by atoms with Crippen LogP contribution < -0.4 is 14.8 Å². The minimum Gasteiger partial charge on any atom is -0.493 e. The van der Waals surface area contributed by atoms with E-state index in [-0.39, 0.29) is 0 Å². The van der Waals surface area contributed by atoms with Gasteiger partial charge in [0.15, 0.2) is 11.5 Å². The van der Waals surface area contributed by atoms with E-state index in [1.165, 1.54) is 31.2 Å². The standard InChI is InChI=1S/C17H24BrNO2/c1-20-16-10-14(12-6-8-19-9-7-12)15(18)11-17(16)21-13-4-2-3-5-13/h10-13,19H,2-9H2,1H3. The largest absolute Gasteiger partial charge is 0.493 e. The molecule has 2 aliphatic rings. The van der Waals surface area contributed by atoms with Gasteiger partial charge in [-0.05, 0) is 75.2 Å². The van der Waals surface area contributed by atoms with Crippen LogP contribution >= 0.6 is 15.9 Å². The highest BCUT2D eigenvalue weighted by Crippen LogP contribution is 2.40. The molecule has 0 atom stereocenters. The summed E-state index contributed by atoms with van der Waals surface area (Å²) < 4.78 is 12.9. The lowest BCUT2D eigenvalue weighted by molar-refractivity contribution is 0.200. The summed E-state index contributed by atoms with van der Waals surface area (Å²) in [4.78, 5) is 0. The monoisotopic (exact) mass is 353 g/mol. The fraction of sp³-hybridized carbons (Fsp3) is 0.647. The summed E-state index contributed by atoms with van der Waals surface area (Å²) in [7, 11) is 1.73. The smallest absolute Gasteiger partial charge is 0.162 e. The highest BCUT2D eigenvalue weighted by molar-refractivity contribution is 9.10. The summed E-state index contributed by atoms with van der Waals surface area (Å²) in [6.45, 7) is 2.19. The molecule has 1 heterocycles. The molecular weight excluding hydrogens is 330 g/mol. The predicted molar refractivity (Wildman–Crippen MR) is 88.4 cm³/mol. The van der Waals surface area contributed by atoms with Gasteiger partial charge in [0.25, 0.3) is 0 Å². The van der Waals surface area contributed by atoms with Crippen LogP contribution in [0.1, 0.15) is 50.0 Å². The van der Waals surface area contributed by atoms with Gasteiger partial charge in [0, 0.05) is 4.47 Å². The molecule has 0 bridgehead atoms. The number of hydrogen-bond acceptors (Lipinski definition) is 3. The number of nitrogens with one attached hydrogen (secondary N) is 1. The van der Waals surface area contributed by atoms with E-state index in [0.29, 0.717) is 12.0 Å². The van der Waals surface area contributed by atoms with Gasteiger partial charge in [0.05, 0.1) is 13.2 Å². The third-order valence-electron chi connectivity index (χ3n) is 4.66. The number of piperidine rings is 1. The summed E-state index contributed by atoms with van der Waals surface area (Å²) in [5.74, 6) is 2.36. The number of methoxy groups -OCH3 is 1. The van der Waals surface area contributed by atoms with E-state index in [2.05, 4.69) is 33.4 Å². The number of ether oxygens (including phenoxy) is 2. The lowest BCUT2D eigenvalue weighted by Crippen LogP contribution is -2.26. The molecule has 1 aromatic carbocycles. The molecule has 0 aromatic heterocycles. The Morgan fingerprint density at radius 2 is 1.76 bits per heavy atom. The Balaban J connectivity index is 1.82. The molecule has 3 nitrogen and oxygen atoms in total. The second-order valence-electron chi connectivity index (χ2n) is 6.07. The van der Waals surface area contributed by atoms with Gasteiger partial charge in [-0.25, -0.2) is 0 Å². The Hall–Kier alpha value is -0.740. The number of hydrogen-bond donors (Lipinski definition) is 1. The van der Waals surface area contributed by atoms with Gasteiger partial charge in [0.2, 0.25) is 0 Å². The first-order valence-corrected chi connectivity index (χ1v) is 8.82. The zero-order valence-corrected chi connectivity index (χ0v) is 14.2. The van der Waals surface area contributed by atoms with Gasteiger partial charge in [-0.2, -0.15) is 0 Å². The van der Waals surface area contributed by atoms with Gasteiger partial charge in [-0.3, -0.25) is 0 Å². The molecule has 0 spiro atoms. The van der Waals surface area contributed by atoms with Crippen LogP contribution in [0.3, 0.4) is 0 Å². The van der Waals surface area contributed by atoms with Crippen LogP contribution in [-0.2, 0) is 0 Å². The molecule has 116 valence electrons. The fourth-order valence-corrected chi connectivity index (χ4v) is 4.08. The maximum atomic E-state index is 6.15. The zero-order valence-electron chi connectivity index (χ0n) is 12.7. The van der Waals surface area contributed by atoms with Gasteiger partial charge in [-0.1, -0.05) is 15.9 Å². The Morgan fingerprint density at radius 3 is 2.43 bits per heavy atom. The predicted octanol–water partition coefficient (Wildman–Crippen LogP) is 4.25. The first-order valence-electron chi connectivity index (χ1n) is 8.02. The van der Waals surface area contributed by atoms with Crippen LogP contribution in [0.2, 0.25) is 0 Å². The number of rotatable bonds is 4. The third-order valence-corrected chi connectivity index (χ3v) is 5.34. The van der Waals surface area contributed by atoms with Gasteiger partial charge < -0.3 is 14.8 Å². The Morgan fingerprint density at radius 1 is 1.05 bits per heavy atom. The molecule has 4 heteroatoms. The van der Waals surface area contributed by atoms with Gasteiger partial charge >= 0.3 is 0 Å². The van der Waals surface area contributed by atoms with E-state index >= 15 is 0 Å². The van der Waals surface area contributed by atoms with Crippen molar-refractivity contribution in [3.05, 3.63) is 22.2 Å². The van der Waals surface area contributed by atoms with Crippen molar-refractivity contribution in [3.63, 3.8) is 0 Å². The lowest BCUT2D eigenvalue weighted by Gasteiger charge is -2.25. The maximum Gasteiger partial charge on any atom is 0.162 e. The minimum atomic E-state index is 0.357. The third kappa shape index (κ3) is 3.54. The molecule has 1 saturated heterocycles. The SMILES string of the molecule is COc1cc(C2CCNCC2)c(Br)cc1OC1CCCC1. The van der Waals surface area contributed by atoms with Crippen LogP contribution in [0, 0.1) is 0 Å². The lowest BCUT2D eigenvalue weighted by atomic mass is 9.90. The average molecular weight is 354 g/mol. The maximum absolute atomic E-state index is 6.15. The quantitative estimate of drug-likeness (QED) is 0.877. The molecule has 0 amide bonds. The van der Waals surface area contributed by atoms with Crippen LogP contribution in [0.4, 0.5) is 0 Å². The molecule has 0 unspecified atom stereocenters. The van der Waals surface area contributed by atoms with Crippen LogP contribution in [-0.4, -0.2) is 26.3 Å². The Kier molecular flexibility index (Phi) is 5.07. The number of benzene rings is 1.